The molecule has 1 atom stereocenters. The fourth-order valence-electron chi connectivity index (χ4n) is 2.51. The van der Waals surface area contributed by atoms with Crippen LogP contribution in [0.5, 0.6) is 0 Å². The number of hydrogen-bond donors (Lipinski definition) is 1. The number of nitrogens with one attached hydrogen (secondary N) is 1. The maximum Gasteiger partial charge on any atom is 0.215 e. The van der Waals surface area contributed by atoms with Gasteiger partial charge in [-0.15, -0.1) is 0 Å². The molecule has 2 rings (SSSR count). The van der Waals surface area contributed by atoms with Crippen molar-refractivity contribution in [2.45, 2.75) is 18.7 Å². The van der Waals surface area contributed by atoms with E-state index >= 15 is 0 Å². The Bertz CT molecular complexity index is 728. The molecular formula is C18H24N2O2S. The van der Waals surface area contributed by atoms with Crippen molar-refractivity contribution in [3.8, 4) is 0 Å². The molecule has 2 aromatic carbocycles. The van der Waals surface area contributed by atoms with Crippen LogP contribution in [0.1, 0.15) is 22.7 Å². The number of aryl methyl sites for hydroxylation is 1. The zero-order chi connectivity index (χ0) is 16.9. The fourth-order valence-corrected chi connectivity index (χ4v) is 3.75. The third-order valence-electron chi connectivity index (χ3n) is 3.91. The number of likely N-dealkylation sites (N-methyl/N-ethyl adjacent to an activating group) is 1. The summed E-state index contributed by atoms with van der Waals surface area (Å²) in [6, 6.07) is 17.5. The summed E-state index contributed by atoms with van der Waals surface area (Å²) in [7, 11) is 0.533. The molecule has 0 amide bonds. The molecule has 0 radical (unpaired) electrons. The molecule has 0 aliphatic rings. The summed E-state index contributed by atoms with van der Waals surface area (Å²) in [5, 5.41) is 0. The number of benzene rings is 2. The van der Waals surface area contributed by atoms with Crippen LogP contribution in [-0.4, -0.2) is 34.0 Å². The minimum Gasteiger partial charge on any atom is -0.301 e. The van der Waals surface area contributed by atoms with E-state index in [0.717, 1.165) is 16.7 Å². The van der Waals surface area contributed by atoms with Gasteiger partial charge in [0.25, 0.3) is 0 Å². The number of sulfonamides is 1. The van der Waals surface area contributed by atoms with Crippen molar-refractivity contribution in [1.82, 2.24) is 9.62 Å². The van der Waals surface area contributed by atoms with Crippen molar-refractivity contribution in [3.05, 3.63) is 71.3 Å². The summed E-state index contributed by atoms with van der Waals surface area (Å²) in [5.41, 5.74) is 2.92. The second kappa shape index (κ2) is 7.73. The lowest BCUT2D eigenvalue weighted by Crippen LogP contribution is -2.35. The zero-order valence-electron chi connectivity index (χ0n) is 13.9. The predicted molar refractivity (Wildman–Crippen MR) is 94.7 cm³/mol. The summed E-state index contributed by atoms with van der Waals surface area (Å²) in [6.07, 6.45) is 0. The van der Waals surface area contributed by atoms with Gasteiger partial charge in [-0.3, -0.25) is 0 Å². The molecule has 0 aliphatic carbocycles. The van der Waals surface area contributed by atoms with E-state index in [2.05, 4.69) is 4.72 Å². The van der Waals surface area contributed by atoms with Gasteiger partial charge in [0.05, 0.1) is 5.75 Å². The lowest BCUT2D eigenvalue weighted by atomic mass is 10.1. The van der Waals surface area contributed by atoms with E-state index in [9.17, 15) is 8.42 Å². The molecule has 0 saturated carbocycles. The molecule has 2 aromatic rings. The Morgan fingerprint density at radius 1 is 1.00 bits per heavy atom. The molecule has 0 heterocycles. The van der Waals surface area contributed by atoms with Gasteiger partial charge in [0.15, 0.2) is 0 Å². The molecule has 1 N–H and O–H groups in total. The molecule has 0 saturated heterocycles. The van der Waals surface area contributed by atoms with E-state index in [1.165, 1.54) is 0 Å². The predicted octanol–water partition coefficient (Wildman–Crippen LogP) is 2.72. The lowest BCUT2D eigenvalue weighted by molar-refractivity contribution is 0.299. The standard InChI is InChI=1S/C18H24N2O2S/c1-15-9-7-8-12-17(15)14-23(21,22)19-13-18(20(2)3)16-10-5-4-6-11-16/h4-12,18-19H,13-14H2,1-3H3. The highest BCUT2D eigenvalue weighted by molar-refractivity contribution is 7.88. The Balaban J connectivity index is 2.07. The van der Waals surface area contributed by atoms with E-state index in [1.807, 2.05) is 80.5 Å². The highest BCUT2D eigenvalue weighted by Gasteiger charge is 2.18. The van der Waals surface area contributed by atoms with E-state index in [4.69, 9.17) is 0 Å². The number of nitrogens with zero attached hydrogens (tertiary/aromatic N) is 1. The van der Waals surface area contributed by atoms with E-state index in [1.54, 1.807) is 0 Å². The second-order valence-corrected chi connectivity index (χ2v) is 7.73. The van der Waals surface area contributed by atoms with Gasteiger partial charge in [-0.2, -0.15) is 0 Å². The van der Waals surface area contributed by atoms with Crippen molar-refractivity contribution >= 4 is 10.0 Å². The molecule has 0 aliphatic heterocycles. The van der Waals surface area contributed by atoms with Gasteiger partial charge in [0, 0.05) is 12.6 Å². The summed E-state index contributed by atoms with van der Waals surface area (Å²) in [6.45, 7) is 2.28. The van der Waals surface area contributed by atoms with Gasteiger partial charge in [-0.05, 0) is 37.7 Å². The van der Waals surface area contributed by atoms with Crippen LogP contribution in [0.15, 0.2) is 54.6 Å². The normalized spacial score (nSPS) is 13.2. The first-order chi connectivity index (χ1) is 10.9. The van der Waals surface area contributed by atoms with Crippen LogP contribution in [0.2, 0.25) is 0 Å². The minimum atomic E-state index is -3.37. The third-order valence-corrected chi connectivity index (χ3v) is 5.21. The summed E-state index contributed by atoms with van der Waals surface area (Å²) in [4.78, 5) is 2.02. The van der Waals surface area contributed by atoms with E-state index in [-0.39, 0.29) is 11.8 Å². The first-order valence-electron chi connectivity index (χ1n) is 7.62. The molecule has 124 valence electrons. The van der Waals surface area contributed by atoms with Crippen LogP contribution in [0.4, 0.5) is 0 Å². The molecule has 4 nitrogen and oxygen atoms in total. The Kier molecular flexibility index (Phi) is 5.93. The molecule has 0 bridgehead atoms. The molecule has 1 unspecified atom stereocenters. The Morgan fingerprint density at radius 3 is 2.22 bits per heavy atom. The summed E-state index contributed by atoms with van der Waals surface area (Å²) in [5.74, 6) is 0.00854. The summed E-state index contributed by atoms with van der Waals surface area (Å²) >= 11 is 0. The maximum atomic E-state index is 12.4. The average Bonchev–Trinajstić information content (AvgIpc) is 2.50. The lowest BCUT2D eigenvalue weighted by Gasteiger charge is -2.25. The first-order valence-corrected chi connectivity index (χ1v) is 9.27. The van der Waals surface area contributed by atoms with Crippen molar-refractivity contribution in [1.29, 1.82) is 0 Å². The molecule has 5 heteroatoms. The van der Waals surface area contributed by atoms with E-state index in [0.29, 0.717) is 6.54 Å². The van der Waals surface area contributed by atoms with Crippen LogP contribution in [0.25, 0.3) is 0 Å². The highest BCUT2D eigenvalue weighted by atomic mass is 32.2. The third kappa shape index (κ3) is 5.16. The molecule has 0 spiro atoms. The SMILES string of the molecule is Cc1ccccc1CS(=O)(=O)NCC(c1ccccc1)N(C)C. The van der Waals surface area contributed by atoms with E-state index < -0.39 is 10.0 Å². The molecule has 0 aromatic heterocycles. The average molecular weight is 332 g/mol. The quantitative estimate of drug-likeness (QED) is 0.848. The van der Waals surface area contributed by atoms with Crippen LogP contribution < -0.4 is 4.72 Å². The molecular weight excluding hydrogens is 308 g/mol. The largest absolute Gasteiger partial charge is 0.301 e. The molecule has 23 heavy (non-hydrogen) atoms. The van der Waals surface area contributed by atoms with Crippen LogP contribution >= 0.6 is 0 Å². The topological polar surface area (TPSA) is 49.4 Å². The monoisotopic (exact) mass is 332 g/mol. The van der Waals surface area contributed by atoms with Crippen molar-refractivity contribution in [2.75, 3.05) is 20.6 Å². The van der Waals surface area contributed by atoms with Crippen LogP contribution in [0.3, 0.4) is 0 Å². The van der Waals surface area contributed by atoms with Gasteiger partial charge in [0.2, 0.25) is 10.0 Å². The Hall–Kier alpha value is -1.69. The van der Waals surface area contributed by atoms with Gasteiger partial charge in [0.1, 0.15) is 0 Å². The minimum absolute atomic E-state index is 0.00263. The van der Waals surface area contributed by atoms with Gasteiger partial charge in [-0.1, -0.05) is 54.6 Å². The van der Waals surface area contributed by atoms with Gasteiger partial charge >= 0.3 is 0 Å². The number of rotatable bonds is 7. The first kappa shape index (κ1) is 17.7. The zero-order valence-corrected chi connectivity index (χ0v) is 14.7. The Labute approximate surface area is 139 Å². The number of hydrogen-bond acceptors (Lipinski definition) is 3. The Morgan fingerprint density at radius 2 is 1.61 bits per heavy atom. The van der Waals surface area contributed by atoms with Gasteiger partial charge < -0.3 is 4.90 Å². The van der Waals surface area contributed by atoms with Crippen LogP contribution in [-0.2, 0) is 15.8 Å². The smallest absolute Gasteiger partial charge is 0.215 e. The van der Waals surface area contributed by atoms with Gasteiger partial charge in [-0.25, -0.2) is 13.1 Å². The maximum absolute atomic E-state index is 12.4. The highest BCUT2D eigenvalue weighted by Crippen LogP contribution is 2.18. The van der Waals surface area contributed by atoms with Crippen molar-refractivity contribution in [3.63, 3.8) is 0 Å². The van der Waals surface area contributed by atoms with Crippen molar-refractivity contribution in [2.24, 2.45) is 0 Å². The summed E-state index contributed by atoms with van der Waals surface area (Å²) < 4.78 is 27.5. The van der Waals surface area contributed by atoms with Crippen LogP contribution in [0, 0.1) is 6.92 Å². The second-order valence-electron chi connectivity index (χ2n) is 5.92. The van der Waals surface area contributed by atoms with Crippen molar-refractivity contribution < 1.29 is 8.42 Å². The fraction of sp³-hybridized carbons (Fsp3) is 0.333. The molecule has 0 fully saturated rings.